The lowest BCUT2D eigenvalue weighted by Gasteiger charge is -2.09. The number of aromatic carboxylic acids is 1. The fourth-order valence-electron chi connectivity index (χ4n) is 1.91. The van der Waals surface area contributed by atoms with E-state index in [1.54, 1.807) is 13.8 Å². The second-order valence-electron chi connectivity index (χ2n) is 4.48. The van der Waals surface area contributed by atoms with E-state index in [0.717, 1.165) is 0 Å². The number of hydrogen-bond donors (Lipinski definition) is 1. The number of benzene rings is 1. The monoisotopic (exact) mass is 310 g/mol. The maximum atomic E-state index is 12.4. The van der Waals surface area contributed by atoms with Crippen molar-refractivity contribution in [3.63, 3.8) is 0 Å². The van der Waals surface area contributed by atoms with Crippen LogP contribution in [0.15, 0.2) is 27.6 Å². The minimum Gasteiger partial charge on any atom is -0.478 e. The van der Waals surface area contributed by atoms with Gasteiger partial charge in [-0.2, -0.15) is 4.98 Å². The fraction of sp³-hybridized carbons (Fsp3) is 0.308. The van der Waals surface area contributed by atoms with Gasteiger partial charge in [0.15, 0.2) is 15.7 Å². The molecule has 0 saturated carbocycles. The van der Waals surface area contributed by atoms with Crippen LogP contribution in [0.3, 0.4) is 0 Å². The molecule has 1 heterocycles. The van der Waals surface area contributed by atoms with Gasteiger partial charge in [0.1, 0.15) is 5.75 Å². The van der Waals surface area contributed by atoms with Crippen LogP contribution in [0.25, 0.3) is 0 Å². The molecule has 7 nitrogen and oxygen atoms in total. The standard InChI is InChI=1S/C13H14N2O5S/c1-3-9-4-5-10(13(16)17)6-11(9)21(18,19)7-12-14-8(2)15-20-12/h4-6H,3,7H2,1-2H3,(H,16,17). The molecule has 1 N–H and O–H groups in total. The van der Waals surface area contributed by atoms with Gasteiger partial charge in [-0.1, -0.05) is 18.1 Å². The first-order chi connectivity index (χ1) is 9.83. The van der Waals surface area contributed by atoms with Crippen molar-refractivity contribution in [3.05, 3.63) is 41.0 Å². The molecule has 112 valence electrons. The first kappa shape index (κ1) is 15.2. The van der Waals surface area contributed by atoms with E-state index in [2.05, 4.69) is 10.1 Å². The summed E-state index contributed by atoms with van der Waals surface area (Å²) in [5.41, 5.74) is 0.476. The number of carboxylic acid groups (broad SMARTS) is 1. The Hall–Kier alpha value is -2.22. The fourth-order valence-corrected chi connectivity index (χ4v) is 3.42. The number of hydrogen-bond acceptors (Lipinski definition) is 6. The number of rotatable bonds is 5. The van der Waals surface area contributed by atoms with Crippen LogP contribution >= 0.6 is 0 Å². The van der Waals surface area contributed by atoms with Gasteiger partial charge in [-0.3, -0.25) is 0 Å². The van der Waals surface area contributed by atoms with Crippen LogP contribution in [0.2, 0.25) is 0 Å². The van der Waals surface area contributed by atoms with Crippen molar-refractivity contribution in [2.45, 2.75) is 30.9 Å². The molecular formula is C13H14N2O5S. The van der Waals surface area contributed by atoms with Crippen molar-refractivity contribution < 1.29 is 22.8 Å². The summed E-state index contributed by atoms with van der Waals surface area (Å²) in [5, 5.41) is 12.5. The minimum absolute atomic E-state index is 0.0132. The van der Waals surface area contributed by atoms with Crippen LogP contribution in [-0.4, -0.2) is 29.6 Å². The van der Waals surface area contributed by atoms with E-state index in [-0.39, 0.29) is 16.3 Å². The molecule has 0 radical (unpaired) electrons. The quantitative estimate of drug-likeness (QED) is 0.893. The highest BCUT2D eigenvalue weighted by Crippen LogP contribution is 2.22. The molecule has 0 amide bonds. The summed E-state index contributed by atoms with van der Waals surface area (Å²) < 4.78 is 29.7. The lowest BCUT2D eigenvalue weighted by molar-refractivity contribution is 0.0696. The van der Waals surface area contributed by atoms with Gasteiger partial charge in [0.25, 0.3) is 0 Å². The third-order valence-electron chi connectivity index (χ3n) is 2.91. The van der Waals surface area contributed by atoms with Gasteiger partial charge >= 0.3 is 5.97 Å². The SMILES string of the molecule is CCc1ccc(C(=O)O)cc1S(=O)(=O)Cc1nc(C)no1. The summed E-state index contributed by atoms with van der Waals surface area (Å²) in [6.07, 6.45) is 0.470. The molecule has 0 fully saturated rings. The average molecular weight is 310 g/mol. The molecule has 0 spiro atoms. The summed E-state index contributed by atoms with van der Waals surface area (Å²) >= 11 is 0. The van der Waals surface area contributed by atoms with Crippen LogP contribution in [0.5, 0.6) is 0 Å². The van der Waals surface area contributed by atoms with E-state index in [1.807, 2.05) is 0 Å². The predicted octanol–water partition coefficient (Wildman–Crippen LogP) is 1.61. The molecule has 0 aliphatic carbocycles. The first-order valence-electron chi connectivity index (χ1n) is 6.21. The second-order valence-corrected chi connectivity index (χ2v) is 6.43. The zero-order valence-corrected chi connectivity index (χ0v) is 12.3. The minimum atomic E-state index is -3.76. The molecule has 0 aliphatic heterocycles. The van der Waals surface area contributed by atoms with Crippen molar-refractivity contribution in [2.24, 2.45) is 0 Å². The van der Waals surface area contributed by atoms with Gasteiger partial charge in [0.05, 0.1) is 10.5 Å². The molecule has 21 heavy (non-hydrogen) atoms. The Labute approximate surface area is 121 Å². The summed E-state index contributed by atoms with van der Waals surface area (Å²) in [6, 6.07) is 4.06. The highest BCUT2D eigenvalue weighted by Gasteiger charge is 2.23. The third-order valence-corrected chi connectivity index (χ3v) is 4.59. The Bertz CT molecular complexity index is 780. The topological polar surface area (TPSA) is 110 Å². The number of carboxylic acids is 1. The number of sulfone groups is 1. The molecule has 0 saturated heterocycles. The lowest BCUT2D eigenvalue weighted by Crippen LogP contribution is -2.10. The van der Waals surface area contributed by atoms with E-state index >= 15 is 0 Å². The van der Waals surface area contributed by atoms with Gasteiger partial charge in [-0.15, -0.1) is 0 Å². The highest BCUT2D eigenvalue weighted by molar-refractivity contribution is 7.90. The highest BCUT2D eigenvalue weighted by atomic mass is 32.2. The Morgan fingerprint density at radius 3 is 2.62 bits per heavy atom. The third kappa shape index (κ3) is 3.27. The number of aromatic nitrogens is 2. The van der Waals surface area contributed by atoms with Crippen LogP contribution in [0, 0.1) is 6.92 Å². The van der Waals surface area contributed by atoms with Gasteiger partial charge in [0.2, 0.25) is 5.89 Å². The van der Waals surface area contributed by atoms with Crippen molar-refractivity contribution in [2.75, 3.05) is 0 Å². The molecule has 0 unspecified atom stereocenters. The zero-order chi connectivity index (χ0) is 15.6. The molecule has 0 bridgehead atoms. The Morgan fingerprint density at radius 1 is 1.38 bits per heavy atom. The van der Waals surface area contributed by atoms with E-state index < -0.39 is 21.6 Å². The first-order valence-corrected chi connectivity index (χ1v) is 7.87. The summed E-state index contributed by atoms with van der Waals surface area (Å²) in [5.74, 6) is -1.31. The molecule has 0 aliphatic rings. The number of aryl methyl sites for hydroxylation is 2. The molecular weight excluding hydrogens is 296 g/mol. The number of nitrogens with zero attached hydrogens (tertiary/aromatic N) is 2. The summed E-state index contributed by atoms with van der Waals surface area (Å²) in [7, 11) is -3.76. The van der Waals surface area contributed by atoms with Gasteiger partial charge in [0, 0.05) is 0 Å². The maximum Gasteiger partial charge on any atom is 0.335 e. The smallest absolute Gasteiger partial charge is 0.335 e. The lowest BCUT2D eigenvalue weighted by atomic mass is 10.1. The molecule has 2 aromatic rings. The van der Waals surface area contributed by atoms with E-state index in [9.17, 15) is 13.2 Å². The Balaban J connectivity index is 2.47. The largest absolute Gasteiger partial charge is 0.478 e. The van der Waals surface area contributed by atoms with Crippen LogP contribution in [0.4, 0.5) is 0 Å². The zero-order valence-electron chi connectivity index (χ0n) is 11.5. The number of carbonyl (C=O) groups is 1. The Kier molecular flexibility index (Phi) is 4.08. The summed E-state index contributed by atoms with van der Waals surface area (Å²) in [6.45, 7) is 3.38. The van der Waals surface area contributed by atoms with E-state index in [4.69, 9.17) is 9.63 Å². The molecule has 1 aromatic heterocycles. The molecule has 2 rings (SSSR count). The Morgan fingerprint density at radius 2 is 2.10 bits per heavy atom. The molecule has 1 aromatic carbocycles. The average Bonchev–Trinajstić information content (AvgIpc) is 2.82. The molecule has 8 heteroatoms. The van der Waals surface area contributed by atoms with Crippen LogP contribution < -0.4 is 0 Å². The van der Waals surface area contributed by atoms with E-state index in [1.165, 1.54) is 18.2 Å². The van der Waals surface area contributed by atoms with Crippen molar-refractivity contribution >= 4 is 15.8 Å². The predicted molar refractivity (Wildman–Crippen MR) is 72.7 cm³/mol. The van der Waals surface area contributed by atoms with E-state index in [0.29, 0.717) is 17.8 Å². The maximum absolute atomic E-state index is 12.4. The van der Waals surface area contributed by atoms with Gasteiger partial charge < -0.3 is 9.63 Å². The molecule has 0 atom stereocenters. The van der Waals surface area contributed by atoms with Gasteiger partial charge in [-0.25, -0.2) is 13.2 Å². The van der Waals surface area contributed by atoms with Crippen LogP contribution in [0.1, 0.15) is 34.6 Å². The normalized spacial score (nSPS) is 11.5. The second kappa shape index (κ2) is 5.65. The summed E-state index contributed by atoms with van der Waals surface area (Å²) in [4.78, 5) is 14.9. The van der Waals surface area contributed by atoms with Gasteiger partial charge in [-0.05, 0) is 31.0 Å². The van der Waals surface area contributed by atoms with Crippen molar-refractivity contribution in [1.82, 2.24) is 10.1 Å². The van der Waals surface area contributed by atoms with Crippen molar-refractivity contribution in [1.29, 1.82) is 0 Å². The van der Waals surface area contributed by atoms with Crippen molar-refractivity contribution in [3.8, 4) is 0 Å². The van der Waals surface area contributed by atoms with Crippen LogP contribution in [-0.2, 0) is 22.0 Å².